The van der Waals surface area contributed by atoms with Crippen LogP contribution >= 0.6 is 0 Å². The summed E-state index contributed by atoms with van der Waals surface area (Å²) in [5.74, 6) is 0.953. The molecule has 0 bridgehead atoms. The van der Waals surface area contributed by atoms with Crippen molar-refractivity contribution < 1.29 is 9.84 Å². The van der Waals surface area contributed by atoms with Crippen molar-refractivity contribution in [1.82, 2.24) is 10.3 Å². The number of nitrogens with zero attached hydrogens (tertiary/aromatic N) is 1. The Morgan fingerprint density at radius 2 is 2.00 bits per heavy atom. The molecule has 0 aliphatic rings. The van der Waals surface area contributed by atoms with E-state index >= 15 is 0 Å². The molecule has 0 spiro atoms. The molecule has 1 aromatic carbocycles. The van der Waals surface area contributed by atoms with Gasteiger partial charge in [-0.3, -0.25) is 0 Å². The Balaban J connectivity index is 2.02. The number of hydrogen-bond acceptors (Lipinski definition) is 4. The van der Waals surface area contributed by atoms with Gasteiger partial charge in [0.2, 0.25) is 5.88 Å². The fourth-order valence-electron chi connectivity index (χ4n) is 2.06. The van der Waals surface area contributed by atoms with Gasteiger partial charge in [0.1, 0.15) is 5.75 Å². The monoisotopic (exact) mass is 286 g/mol. The predicted octanol–water partition coefficient (Wildman–Crippen LogP) is 3.43. The summed E-state index contributed by atoms with van der Waals surface area (Å²) in [7, 11) is 0. The van der Waals surface area contributed by atoms with Gasteiger partial charge in [0.25, 0.3) is 0 Å². The van der Waals surface area contributed by atoms with E-state index in [9.17, 15) is 5.11 Å². The molecule has 1 heterocycles. The number of hydrogen-bond donors (Lipinski definition) is 2. The summed E-state index contributed by atoms with van der Waals surface area (Å²) in [4.78, 5) is 4.28. The predicted molar refractivity (Wildman–Crippen MR) is 83.4 cm³/mol. The highest BCUT2D eigenvalue weighted by molar-refractivity contribution is 5.30. The first kappa shape index (κ1) is 15.3. The number of aromatic hydroxyl groups is 1. The maximum atomic E-state index is 9.53. The van der Waals surface area contributed by atoms with Crippen LogP contribution < -0.4 is 10.1 Å². The summed E-state index contributed by atoms with van der Waals surface area (Å²) in [6.45, 7) is 6.70. The van der Waals surface area contributed by atoms with Crippen molar-refractivity contribution in [2.45, 2.75) is 39.5 Å². The highest BCUT2D eigenvalue weighted by atomic mass is 16.5. The molecule has 0 aliphatic carbocycles. The normalized spacial score (nSPS) is 12.4. The molecule has 4 heteroatoms. The van der Waals surface area contributed by atoms with Crippen LogP contribution in [0.4, 0.5) is 0 Å². The lowest BCUT2D eigenvalue weighted by Gasteiger charge is -2.17. The number of phenols is 1. The number of benzene rings is 1. The molecule has 0 saturated heterocycles. The zero-order valence-electron chi connectivity index (χ0n) is 12.7. The third-order valence-electron chi connectivity index (χ3n) is 3.17. The zero-order chi connectivity index (χ0) is 15.2. The number of nitrogens with one attached hydrogen (secondary N) is 1. The first-order chi connectivity index (χ1) is 10.1. The smallest absolute Gasteiger partial charge is 0.218 e. The van der Waals surface area contributed by atoms with Gasteiger partial charge in [-0.05, 0) is 44.5 Å². The van der Waals surface area contributed by atoms with Crippen LogP contribution in [-0.4, -0.2) is 16.2 Å². The molecule has 21 heavy (non-hydrogen) atoms. The highest BCUT2D eigenvalue weighted by Crippen LogP contribution is 2.20. The number of ether oxygens (including phenoxy) is 1. The standard InChI is InChI=1S/C17H22N2O2/c1-12(2)21-17-15(7-5-9-18-17)11-19-13(3)14-6-4-8-16(20)10-14/h4-10,12-13,19-20H,11H2,1-3H3. The summed E-state index contributed by atoms with van der Waals surface area (Å²) >= 11 is 0. The average molecular weight is 286 g/mol. The van der Waals surface area contributed by atoms with Gasteiger partial charge >= 0.3 is 0 Å². The summed E-state index contributed by atoms with van der Waals surface area (Å²) in [6.07, 6.45) is 1.84. The molecule has 2 N–H and O–H groups in total. The molecule has 2 rings (SSSR count). The largest absolute Gasteiger partial charge is 0.508 e. The molecule has 0 aliphatic heterocycles. The van der Waals surface area contributed by atoms with Crippen molar-refractivity contribution in [2.24, 2.45) is 0 Å². The Hall–Kier alpha value is -2.07. The number of rotatable bonds is 6. The lowest BCUT2D eigenvalue weighted by molar-refractivity contribution is 0.229. The Morgan fingerprint density at radius 3 is 2.71 bits per heavy atom. The quantitative estimate of drug-likeness (QED) is 0.854. The Kier molecular flexibility index (Phi) is 5.17. The van der Waals surface area contributed by atoms with Gasteiger partial charge in [0.05, 0.1) is 6.10 Å². The van der Waals surface area contributed by atoms with Crippen molar-refractivity contribution in [3.63, 3.8) is 0 Å². The van der Waals surface area contributed by atoms with Gasteiger partial charge in [-0.25, -0.2) is 4.98 Å². The van der Waals surface area contributed by atoms with E-state index in [0.29, 0.717) is 12.4 Å². The highest BCUT2D eigenvalue weighted by Gasteiger charge is 2.10. The van der Waals surface area contributed by atoms with E-state index in [1.54, 1.807) is 18.3 Å². The van der Waals surface area contributed by atoms with Crippen LogP contribution in [0.2, 0.25) is 0 Å². The average Bonchev–Trinajstić information content (AvgIpc) is 2.45. The molecular formula is C17H22N2O2. The fraction of sp³-hybridized carbons (Fsp3) is 0.353. The summed E-state index contributed by atoms with van der Waals surface area (Å²) in [5, 5.41) is 13.0. The minimum absolute atomic E-state index is 0.0992. The molecule has 0 amide bonds. The second-order valence-electron chi connectivity index (χ2n) is 5.33. The molecule has 4 nitrogen and oxygen atoms in total. The topological polar surface area (TPSA) is 54.4 Å². The maximum Gasteiger partial charge on any atom is 0.218 e. The van der Waals surface area contributed by atoms with E-state index in [2.05, 4.69) is 17.2 Å². The van der Waals surface area contributed by atoms with Crippen molar-refractivity contribution in [3.8, 4) is 11.6 Å². The van der Waals surface area contributed by atoms with Crippen molar-refractivity contribution in [3.05, 3.63) is 53.7 Å². The fourth-order valence-corrected chi connectivity index (χ4v) is 2.06. The van der Waals surface area contributed by atoms with E-state index in [1.807, 2.05) is 38.1 Å². The number of aromatic nitrogens is 1. The summed E-state index contributed by atoms with van der Waals surface area (Å²) in [6, 6.07) is 11.3. The lowest BCUT2D eigenvalue weighted by Crippen LogP contribution is -2.19. The van der Waals surface area contributed by atoms with Crippen molar-refractivity contribution in [2.75, 3.05) is 0 Å². The van der Waals surface area contributed by atoms with Gasteiger partial charge in [-0.2, -0.15) is 0 Å². The molecular weight excluding hydrogens is 264 g/mol. The Bertz CT molecular complexity index is 585. The molecule has 0 saturated carbocycles. The molecule has 112 valence electrons. The summed E-state index contributed by atoms with van der Waals surface area (Å²) < 4.78 is 5.71. The molecule has 1 aromatic heterocycles. The van der Waals surface area contributed by atoms with Gasteiger partial charge < -0.3 is 15.2 Å². The van der Waals surface area contributed by atoms with E-state index in [1.165, 1.54) is 0 Å². The number of pyridine rings is 1. The first-order valence-corrected chi connectivity index (χ1v) is 7.19. The molecule has 0 fully saturated rings. The van der Waals surface area contributed by atoms with Gasteiger partial charge in [0.15, 0.2) is 0 Å². The summed E-state index contributed by atoms with van der Waals surface area (Å²) in [5.41, 5.74) is 2.07. The molecule has 1 unspecified atom stereocenters. The SMILES string of the molecule is CC(C)Oc1ncccc1CNC(C)c1cccc(O)c1. The van der Waals surface area contributed by atoms with E-state index in [4.69, 9.17) is 4.74 Å². The minimum Gasteiger partial charge on any atom is -0.508 e. The third-order valence-corrected chi connectivity index (χ3v) is 3.17. The van der Waals surface area contributed by atoms with Crippen LogP contribution in [0.15, 0.2) is 42.6 Å². The van der Waals surface area contributed by atoms with E-state index in [0.717, 1.165) is 11.1 Å². The Labute approximate surface area is 125 Å². The zero-order valence-corrected chi connectivity index (χ0v) is 12.7. The van der Waals surface area contributed by atoms with Crippen LogP contribution in [0.5, 0.6) is 11.6 Å². The van der Waals surface area contributed by atoms with Gasteiger partial charge in [-0.1, -0.05) is 18.2 Å². The van der Waals surface area contributed by atoms with Crippen LogP contribution in [0.25, 0.3) is 0 Å². The number of phenolic OH excluding ortho intramolecular Hbond substituents is 1. The van der Waals surface area contributed by atoms with Crippen molar-refractivity contribution in [1.29, 1.82) is 0 Å². The van der Waals surface area contributed by atoms with E-state index < -0.39 is 0 Å². The third kappa shape index (κ3) is 4.46. The lowest BCUT2D eigenvalue weighted by atomic mass is 10.1. The van der Waals surface area contributed by atoms with Gasteiger partial charge in [-0.15, -0.1) is 0 Å². The molecule has 1 atom stereocenters. The van der Waals surface area contributed by atoms with Crippen LogP contribution in [0.3, 0.4) is 0 Å². The first-order valence-electron chi connectivity index (χ1n) is 7.19. The van der Waals surface area contributed by atoms with Crippen LogP contribution in [0.1, 0.15) is 37.9 Å². The van der Waals surface area contributed by atoms with Crippen LogP contribution in [-0.2, 0) is 6.54 Å². The van der Waals surface area contributed by atoms with Gasteiger partial charge in [0, 0.05) is 24.3 Å². The second-order valence-corrected chi connectivity index (χ2v) is 5.33. The Morgan fingerprint density at radius 1 is 1.19 bits per heavy atom. The van der Waals surface area contributed by atoms with Crippen LogP contribution in [0, 0.1) is 0 Å². The minimum atomic E-state index is 0.0992. The maximum absolute atomic E-state index is 9.53. The molecule has 2 aromatic rings. The van der Waals surface area contributed by atoms with E-state index in [-0.39, 0.29) is 17.9 Å². The molecule has 0 radical (unpaired) electrons. The van der Waals surface area contributed by atoms with Crippen molar-refractivity contribution >= 4 is 0 Å². The second kappa shape index (κ2) is 7.09.